The van der Waals surface area contributed by atoms with Crippen molar-refractivity contribution >= 4 is 29.1 Å². The minimum absolute atomic E-state index is 0.157. The van der Waals surface area contributed by atoms with Gasteiger partial charge in [0.05, 0.1) is 12.3 Å². The highest BCUT2D eigenvalue weighted by molar-refractivity contribution is 5.99. The number of carboxylic acids is 1. The average molecular weight is 361 g/mol. The van der Waals surface area contributed by atoms with Crippen LogP contribution in [-0.2, 0) is 11.3 Å². The fourth-order valence-electron chi connectivity index (χ4n) is 2.67. The Kier molecular flexibility index (Phi) is 6.70. The van der Waals surface area contributed by atoms with Crippen LogP contribution >= 0.6 is 0 Å². The summed E-state index contributed by atoms with van der Waals surface area (Å²) in [5.41, 5.74) is 8.76. The number of nitrogens with zero attached hydrogens (tertiary/aromatic N) is 2. The molecule has 6 N–H and O–H groups in total. The number of carbonyl (C=O) groups is 2. The van der Waals surface area contributed by atoms with E-state index in [0.29, 0.717) is 6.42 Å². The van der Waals surface area contributed by atoms with E-state index in [1.54, 1.807) is 13.1 Å². The number of para-hydroxylation sites is 1. The number of fused-ring (bicyclic) bond motifs is 1. The van der Waals surface area contributed by atoms with Gasteiger partial charge >= 0.3 is 12.0 Å². The smallest absolute Gasteiger partial charge is 0.332 e. The molecule has 0 bridgehead atoms. The number of carbonyl (C=O) groups excluding carboxylic acids is 1. The summed E-state index contributed by atoms with van der Waals surface area (Å²) < 4.78 is 1.86. The minimum Gasteiger partial charge on any atom is -0.480 e. The first-order valence-corrected chi connectivity index (χ1v) is 8.23. The van der Waals surface area contributed by atoms with Gasteiger partial charge in [0, 0.05) is 35.8 Å². The molecule has 2 rings (SSSR count). The molecule has 0 radical (unpaired) electrons. The van der Waals surface area contributed by atoms with Gasteiger partial charge in [0.25, 0.3) is 0 Å². The lowest BCUT2D eigenvalue weighted by molar-refractivity contribution is -0.139. The molecule has 0 aliphatic heterocycles. The normalized spacial score (nSPS) is 13.8. The Hall–Kier alpha value is -2.91. The van der Waals surface area contributed by atoms with Gasteiger partial charge in [-0.05, 0) is 12.5 Å². The third kappa shape index (κ3) is 5.04. The summed E-state index contributed by atoms with van der Waals surface area (Å²) in [5, 5.41) is 26.8. The van der Waals surface area contributed by atoms with Crippen LogP contribution in [0.5, 0.6) is 0 Å². The Morgan fingerprint density at radius 3 is 2.77 bits per heavy atom. The number of urea groups is 1. The van der Waals surface area contributed by atoms with E-state index >= 15 is 0 Å². The number of hydrogen-bond donors (Lipinski definition) is 5. The quantitative estimate of drug-likeness (QED) is 0.326. The zero-order valence-electron chi connectivity index (χ0n) is 14.4. The molecule has 0 fully saturated rings. The standard InChI is InChI=1S/C17H23N5O4/c1-2-14(16(24)25)19-8-12(23)10-22-9-11(7-20-21-17(18)26)13-5-3-4-6-15(13)22/h3-7,9,12,14,19,23H,2,8,10H2,1H3,(H,24,25)(H3,18,21,26)/b20-7+. The molecule has 1 aromatic carbocycles. The van der Waals surface area contributed by atoms with Crippen molar-refractivity contribution in [2.24, 2.45) is 10.8 Å². The summed E-state index contributed by atoms with van der Waals surface area (Å²) in [5.74, 6) is -0.938. The maximum atomic E-state index is 11.0. The highest BCUT2D eigenvalue weighted by atomic mass is 16.4. The second-order valence-electron chi connectivity index (χ2n) is 5.85. The van der Waals surface area contributed by atoms with Gasteiger partial charge in [-0.15, -0.1) is 0 Å². The second kappa shape index (κ2) is 8.97. The molecule has 2 aromatic rings. The van der Waals surface area contributed by atoms with Crippen molar-refractivity contribution in [3.05, 3.63) is 36.0 Å². The number of nitrogens with two attached hydrogens (primary N) is 1. The van der Waals surface area contributed by atoms with Crippen LogP contribution in [0.4, 0.5) is 4.79 Å². The molecule has 26 heavy (non-hydrogen) atoms. The van der Waals surface area contributed by atoms with Gasteiger partial charge in [-0.1, -0.05) is 25.1 Å². The van der Waals surface area contributed by atoms with E-state index in [2.05, 4.69) is 15.8 Å². The number of rotatable bonds is 9. The van der Waals surface area contributed by atoms with Gasteiger partial charge in [-0.3, -0.25) is 4.79 Å². The Morgan fingerprint density at radius 1 is 1.38 bits per heavy atom. The highest BCUT2D eigenvalue weighted by Gasteiger charge is 2.17. The Morgan fingerprint density at radius 2 is 2.12 bits per heavy atom. The van der Waals surface area contributed by atoms with E-state index in [9.17, 15) is 14.7 Å². The van der Waals surface area contributed by atoms with E-state index in [1.165, 1.54) is 6.21 Å². The average Bonchev–Trinajstić information content (AvgIpc) is 2.93. The number of amides is 2. The second-order valence-corrected chi connectivity index (χ2v) is 5.85. The van der Waals surface area contributed by atoms with Crippen molar-refractivity contribution in [2.45, 2.75) is 32.0 Å². The summed E-state index contributed by atoms with van der Waals surface area (Å²) in [6.07, 6.45) is 2.94. The molecule has 2 unspecified atom stereocenters. The van der Waals surface area contributed by atoms with Crippen molar-refractivity contribution in [1.29, 1.82) is 0 Å². The number of aliphatic hydroxyl groups is 1. The fraction of sp³-hybridized carbons (Fsp3) is 0.353. The number of hydrazone groups is 1. The van der Waals surface area contributed by atoms with Crippen LogP contribution in [0.3, 0.4) is 0 Å². The summed E-state index contributed by atoms with van der Waals surface area (Å²) in [4.78, 5) is 21.7. The van der Waals surface area contributed by atoms with Crippen molar-refractivity contribution in [3.63, 3.8) is 0 Å². The molecule has 0 saturated heterocycles. The first kappa shape index (κ1) is 19.4. The van der Waals surface area contributed by atoms with Crippen molar-refractivity contribution in [3.8, 4) is 0 Å². The lowest BCUT2D eigenvalue weighted by Crippen LogP contribution is -2.41. The number of aliphatic hydroxyl groups excluding tert-OH is 1. The molecule has 2 atom stereocenters. The predicted octanol–water partition coefficient (Wildman–Crippen LogP) is 0.457. The lowest BCUT2D eigenvalue weighted by Gasteiger charge is -2.17. The number of aliphatic carboxylic acids is 1. The zero-order valence-corrected chi connectivity index (χ0v) is 14.4. The van der Waals surface area contributed by atoms with Gasteiger partial charge in [0.2, 0.25) is 0 Å². The summed E-state index contributed by atoms with van der Waals surface area (Å²) >= 11 is 0. The van der Waals surface area contributed by atoms with Crippen molar-refractivity contribution in [1.82, 2.24) is 15.3 Å². The Labute approximate surface area is 150 Å². The Bertz CT molecular complexity index is 802. The molecule has 9 heteroatoms. The highest BCUT2D eigenvalue weighted by Crippen LogP contribution is 2.20. The molecule has 9 nitrogen and oxygen atoms in total. The van der Waals surface area contributed by atoms with Crippen LogP contribution in [0, 0.1) is 0 Å². The zero-order chi connectivity index (χ0) is 19.1. The number of benzene rings is 1. The topological polar surface area (TPSA) is 142 Å². The number of hydrogen-bond acceptors (Lipinski definition) is 5. The van der Waals surface area contributed by atoms with Crippen LogP contribution in [0.1, 0.15) is 18.9 Å². The number of nitrogens with one attached hydrogen (secondary N) is 2. The van der Waals surface area contributed by atoms with Crippen LogP contribution in [-0.4, -0.2) is 51.7 Å². The lowest BCUT2D eigenvalue weighted by atomic mass is 10.2. The molecule has 0 spiro atoms. The van der Waals surface area contributed by atoms with Gasteiger partial charge in [-0.2, -0.15) is 5.10 Å². The predicted molar refractivity (Wildman–Crippen MR) is 98.0 cm³/mol. The molecule has 0 saturated carbocycles. The fourth-order valence-corrected chi connectivity index (χ4v) is 2.67. The van der Waals surface area contributed by atoms with Crippen molar-refractivity contribution in [2.75, 3.05) is 6.54 Å². The number of carboxylic acid groups (broad SMARTS) is 1. The summed E-state index contributed by atoms with van der Waals surface area (Å²) in [7, 11) is 0. The molecule has 2 amide bonds. The Balaban J connectivity index is 2.12. The first-order valence-electron chi connectivity index (χ1n) is 8.23. The van der Waals surface area contributed by atoms with E-state index in [4.69, 9.17) is 10.8 Å². The number of aromatic nitrogens is 1. The van der Waals surface area contributed by atoms with Crippen LogP contribution in [0.25, 0.3) is 10.9 Å². The maximum absolute atomic E-state index is 11.0. The molecule has 140 valence electrons. The van der Waals surface area contributed by atoms with Gasteiger partial charge in [-0.25, -0.2) is 10.2 Å². The van der Waals surface area contributed by atoms with Crippen LogP contribution in [0.15, 0.2) is 35.6 Å². The minimum atomic E-state index is -0.938. The number of primary amides is 1. The van der Waals surface area contributed by atoms with E-state index in [-0.39, 0.29) is 13.1 Å². The maximum Gasteiger partial charge on any atom is 0.332 e. The molecule has 1 aromatic heterocycles. The SMILES string of the molecule is CCC(NCC(O)Cn1cc(/C=N/NC(N)=O)c2ccccc21)C(=O)O. The molecular formula is C17H23N5O4. The first-order chi connectivity index (χ1) is 12.4. The molecule has 0 aliphatic carbocycles. The van der Waals surface area contributed by atoms with Crippen LogP contribution in [0.2, 0.25) is 0 Å². The van der Waals surface area contributed by atoms with E-state index in [1.807, 2.05) is 28.8 Å². The third-order valence-electron chi connectivity index (χ3n) is 3.91. The van der Waals surface area contributed by atoms with Gasteiger partial charge in [0.1, 0.15) is 6.04 Å². The monoisotopic (exact) mass is 361 g/mol. The van der Waals surface area contributed by atoms with E-state index < -0.39 is 24.1 Å². The molecule has 0 aliphatic rings. The molecular weight excluding hydrogens is 338 g/mol. The summed E-state index contributed by atoms with van der Waals surface area (Å²) in [6, 6.07) is 6.12. The van der Waals surface area contributed by atoms with Gasteiger partial charge in [0.15, 0.2) is 0 Å². The van der Waals surface area contributed by atoms with E-state index in [0.717, 1.165) is 16.5 Å². The molecule has 1 heterocycles. The summed E-state index contributed by atoms with van der Waals surface area (Å²) in [6.45, 7) is 2.20. The van der Waals surface area contributed by atoms with Crippen molar-refractivity contribution < 1.29 is 19.8 Å². The third-order valence-corrected chi connectivity index (χ3v) is 3.91. The largest absolute Gasteiger partial charge is 0.480 e. The van der Waals surface area contributed by atoms with Crippen LogP contribution < -0.4 is 16.5 Å². The van der Waals surface area contributed by atoms with Gasteiger partial charge < -0.3 is 25.8 Å².